The van der Waals surface area contributed by atoms with Gasteiger partial charge in [-0.2, -0.15) is 0 Å². The number of thioether (sulfide) groups is 1. The van der Waals surface area contributed by atoms with Crippen LogP contribution in [0.4, 0.5) is 0 Å². The van der Waals surface area contributed by atoms with E-state index in [0.717, 1.165) is 54.4 Å². The van der Waals surface area contributed by atoms with E-state index in [2.05, 4.69) is 40.8 Å². The molecule has 0 aliphatic heterocycles. The molecule has 0 bridgehead atoms. The summed E-state index contributed by atoms with van der Waals surface area (Å²) in [6.45, 7) is 2.82. The highest BCUT2D eigenvalue weighted by Gasteiger charge is 2.38. The van der Waals surface area contributed by atoms with Gasteiger partial charge in [0.15, 0.2) is 0 Å². The van der Waals surface area contributed by atoms with Crippen LogP contribution in [-0.4, -0.2) is 30.9 Å². The summed E-state index contributed by atoms with van der Waals surface area (Å²) in [5.41, 5.74) is 2.26. The minimum Gasteiger partial charge on any atom is -0.494 e. The van der Waals surface area contributed by atoms with Crippen molar-refractivity contribution >= 4 is 22.7 Å². The van der Waals surface area contributed by atoms with Gasteiger partial charge in [0.25, 0.3) is 0 Å². The third kappa shape index (κ3) is 5.22. The largest absolute Gasteiger partial charge is 0.494 e. The average Bonchev–Trinajstić information content (AvgIpc) is 3.52. The molecule has 1 saturated carbocycles. The average molecular weight is 409 g/mol. The first-order chi connectivity index (χ1) is 14.2. The van der Waals surface area contributed by atoms with E-state index >= 15 is 0 Å². The van der Waals surface area contributed by atoms with Crippen LogP contribution in [0.3, 0.4) is 0 Å². The first kappa shape index (κ1) is 20.0. The van der Waals surface area contributed by atoms with Crippen molar-refractivity contribution in [2.24, 2.45) is 5.92 Å². The van der Waals surface area contributed by atoms with Crippen LogP contribution >= 0.6 is 11.8 Å². The normalized spacial score (nSPS) is 18.1. The molecule has 0 radical (unpaired) electrons. The topological polar surface area (TPSA) is 54.1 Å². The number of fused-ring (bicyclic) bond motifs is 1. The van der Waals surface area contributed by atoms with Crippen LogP contribution in [0.1, 0.15) is 30.7 Å². The van der Waals surface area contributed by atoms with Gasteiger partial charge in [-0.25, -0.2) is 0 Å². The second-order valence-corrected chi connectivity index (χ2v) is 8.52. The van der Waals surface area contributed by atoms with Crippen molar-refractivity contribution in [3.63, 3.8) is 0 Å². The fraction of sp³-hybridized carbons (Fsp3) is 0.375. The Morgan fingerprint density at radius 3 is 2.90 bits per heavy atom. The molecule has 5 heteroatoms. The molecule has 2 atom stereocenters. The molecule has 2 aromatic carbocycles. The van der Waals surface area contributed by atoms with Gasteiger partial charge in [0.1, 0.15) is 5.75 Å². The third-order valence-electron chi connectivity index (χ3n) is 5.58. The van der Waals surface area contributed by atoms with Gasteiger partial charge >= 0.3 is 0 Å². The Balaban J connectivity index is 1.12. The van der Waals surface area contributed by atoms with E-state index < -0.39 is 0 Å². The van der Waals surface area contributed by atoms with Crippen molar-refractivity contribution in [2.75, 3.05) is 26.0 Å². The minimum atomic E-state index is -0.0874. The highest BCUT2D eigenvalue weighted by molar-refractivity contribution is 7.98. The lowest BCUT2D eigenvalue weighted by atomic mass is 10.1. The van der Waals surface area contributed by atoms with Crippen molar-refractivity contribution in [1.29, 1.82) is 0 Å². The number of rotatable bonds is 10. The van der Waals surface area contributed by atoms with Gasteiger partial charge in [0, 0.05) is 17.0 Å². The smallest absolute Gasteiger partial charge is 0.248 e. The van der Waals surface area contributed by atoms with Gasteiger partial charge in [-0.3, -0.25) is 4.79 Å². The van der Waals surface area contributed by atoms with E-state index in [-0.39, 0.29) is 5.56 Å². The maximum Gasteiger partial charge on any atom is 0.248 e. The molecule has 152 valence electrons. The molecule has 0 spiro atoms. The van der Waals surface area contributed by atoms with Gasteiger partial charge in [-0.15, -0.1) is 11.8 Å². The van der Waals surface area contributed by atoms with Crippen molar-refractivity contribution in [1.82, 2.24) is 10.3 Å². The third-order valence-corrected chi connectivity index (χ3v) is 6.39. The molecule has 1 aliphatic carbocycles. The molecule has 1 aromatic heterocycles. The Bertz CT molecular complexity index is 1020. The van der Waals surface area contributed by atoms with E-state index in [0.29, 0.717) is 6.61 Å². The zero-order chi connectivity index (χ0) is 20.1. The molecule has 3 aromatic rings. The second-order valence-electron chi connectivity index (χ2n) is 7.68. The first-order valence-electron chi connectivity index (χ1n) is 10.3. The summed E-state index contributed by atoms with van der Waals surface area (Å²) in [5.74, 6) is 2.31. The predicted molar refractivity (Wildman–Crippen MR) is 121 cm³/mol. The standard InChI is InChI=1S/C24H28N2O2S/c1-29-23-7-3-2-6-20(23)21-14-18(21)16-25-12-4-5-13-28-19-10-8-17-9-11-24(27)26-22(17)15-19/h2-3,6-11,15,18,21,25H,4-5,12-14,16H2,1H3,(H,26,27)/t18-,21+/m0/s1. The number of aromatic nitrogens is 1. The van der Waals surface area contributed by atoms with Gasteiger partial charge < -0.3 is 15.0 Å². The lowest BCUT2D eigenvalue weighted by molar-refractivity contribution is 0.306. The number of pyridine rings is 1. The number of H-pyrrole nitrogens is 1. The molecule has 0 saturated heterocycles. The summed E-state index contributed by atoms with van der Waals surface area (Å²) < 4.78 is 5.84. The molecular weight excluding hydrogens is 380 g/mol. The summed E-state index contributed by atoms with van der Waals surface area (Å²) in [5, 5.41) is 4.63. The van der Waals surface area contributed by atoms with Crippen LogP contribution in [0.25, 0.3) is 10.9 Å². The van der Waals surface area contributed by atoms with Gasteiger partial charge in [0.2, 0.25) is 5.56 Å². The summed E-state index contributed by atoms with van der Waals surface area (Å²) in [6.07, 6.45) is 5.58. The van der Waals surface area contributed by atoms with Crippen molar-refractivity contribution in [3.05, 3.63) is 70.5 Å². The second kappa shape index (κ2) is 9.51. The number of unbranched alkanes of at least 4 members (excludes halogenated alkanes) is 1. The Hall–Kier alpha value is -2.24. The maximum absolute atomic E-state index is 11.4. The van der Waals surface area contributed by atoms with E-state index in [1.165, 1.54) is 16.9 Å². The number of hydrogen-bond acceptors (Lipinski definition) is 4. The van der Waals surface area contributed by atoms with Crippen LogP contribution in [0.2, 0.25) is 0 Å². The van der Waals surface area contributed by atoms with E-state index in [1.807, 2.05) is 36.0 Å². The lowest BCUT2D eigenvalue weighted by Crippen LogP contribution is -2.19. The fourth-order valence-corrected chi connectivity index (χ4v) is 4.54. The summed E-state index contributed by atoms with van der Waals surface area (Å²) in [7, 11) is 0. The molecule has 0 amide bonds. The monoisotopic (exact) mass is 408 g/mol. The number of hydrogen-bond donors (Lipinski definition) is 2. The molecule has 4 nitrogen and oxygen atoms in total. The lowest BCUT2D eigenvalue weighted by Gasteiger charge is -2.09. The Morgan fingerprint density at radius 1 is 1.14 bits per heavy atom. The van der Waals surface area contributed by atoms with E-state index in [1.54, 1.807) is 6.07 Å². The summed E-state index contributed by atoms with van der Waals surface area (Å²) in [6, 6.07) is 18.0. The number of ether oxygens (including phenoxy) is 1. The quantitative estimate of drug-likeness (QED) is 0.374. The van der Waals surface area contributed by atoms with E-state index in [9.17, 15) is 4.79 Å². The van der Waals surface area contributed by atoms with Crippen LogP contribution in [0.5, 0.6) is 5.75 Å². The van der Waals surface area contributed by atoms with Gasteiger partial charge in [-0.05, 0) is 85.7 Å². The molecule has 29 heavy (non-hydrogen) atoms. The molecular formula is C24H28N2O2S. The van der Waals surface area contributed by atoms with Crippen LogP contribution in [0.15, 0.2) is 64.3 Å². The van der Waals surface area contributed by atoms with Crippen LogP contribution in [-0.2, 0) is 0 Å². The SMILES string of the molecule is CSc1ccccc1[C@@H]1C[C@H]1CNCCCCOc1ccc2ccc(=O)[nH]c2c1. The summed E-state index contributed by atoms with van der Waals surface area (Å²) >= 11 is 1.85. The minimum absolute atomic E-state index is 0.0874. The van der Waals surface area contributed by atoms with Crippen molar-refractivity contribution < 1.29 is 4.74 Å². The zero-order valence-electron chi connectivity index (χ0n) is 16.8. The predicted octanol–water partition coefficient (Wildman–Crippen LogP) is 4.80. The van der Waals surface area contributed by atoms with Crippen molar-refractivity contribution in [3.8, 4) is 5.75 Å². The Kier molecular flexibility index (Phi) is 6.57. The molecule has 1 heterocycles. The molecule has 0 unspecified atom stereocenters. The maximum atomic E-state index is 11.4. The summed E-state index contributed by atoms with van der Waals surface area (Å²) in [4.78, 5) is 15.7. The Morgan fingerprint density at radius 2 is 2.00 bits per heavy atom. The van der Waals surface area contributed by atoms with Crippen LogP contribution < -0.4 is 15.6 Å². The highest BCUT2D eigenvalue weighted by atomic mass is 32.2. The van der Waals surface area contributed by atoms with E-state index in [4.69, 9.17) is 4.74 Å². The first-order valence-corrected chi connectivity index (χ1v) is 11.6. The Labute approximate surface area is 176 Å². The molecule has 4 rings (SSSR count). The van der Waals surface area contributed by atoms with Crippen molar-refractivity contribution in [2.45, 2.75) is 30.1 Å². The van der Waals surface area contributed by atoms with Crippen LogP contribution in [0, 0.1) is 5.92 Å². The number of nitrogens with one attached hydrogen (secondary N) is 2. The fourth-order valence-electron chi connectivity index (χ4n) is 3.88. The number of benzene rings is 2. The molecule has 1 aliphatic rings. The van der Waals surface area contributed by atoms with Gasteiger partial charge in [0.05, 0.1) is 12.1 Å². The molecule has 2 N–H and O–H groups in total. The highest BCUT2D eigenvalue weighted by Crippen LogP contribution is 2.49. The zero-order valence-corrected chi connectivity index (χ0v) is 17.6. The number of aromatic amines is 1. The van der Waals surface area contributed by atoms with Gasteiger partial charge in [-0.1, -0.05) is 18.2 Å². The molecule has 1 fully saturated rings.